The predicted molar refractivity (Wildman–Crippen MR) is 122 cm³/mol. The number of halogens is 1. The quantitative estimate of drug-likeness (QED) is 0.502. The predicted octanol–water partition coefficient (Wildman–Crippen LogP) is 2.35. The maximum absolute atomic E-state index is 12.6. The van der Waals surface area contributed by atoms with Crippen molar-refractivity contribution >= 4 is 17.3 Å². The highest BCUT2D eigenvalue weighted by molar-refractivity contribution is 6.30. The average Bonchev–Trinajstić information content (AvgIpc) is 3.27. The summed E-state index contributed by atoms with van der Waals surface area (Å²) in [5, 5.41) is 15.5. The summed E-state index contributed by atoms with van der Waals surface area (Å²) in [4.78, 5) is 27.3. The summed E-state index contributed by atoms with van der Waals surface area (Å²) in [6, 6.07) is 9.54. The van der Waals surface area contributed by atoms with Gasteiger partial charge in [-0.15, -0.1) is 0 Å². The number of H-pyrrole nitrogens is 1. The van der Waals surface area contributed by atoms with Crippen LogP contribution in [0.2, 0.25) is 5.02 Å². The maximum atomic E-state index is 12.6. The van der Waals surface area contributed by atoms with Crippen LogP contribution in [0.1, 0.15) is 23.6 Å². The third-order valence-electron chi connectivity index (χ3n) is 5.28. The minimum atomic E-state index is -0.795. The van der Waals surface area contributed by atoms with Crippen molar-refractivity contribution in [3.05, 3.63) is 73.4 Å². The molecule has 2 aromatic carbocycles. The van der Waals surface area contributed by atoms with Crippen LogP contribution in [0.3, 0.4) is 0 Å². The Balaban J connectivity index is 1.73. The number of aromatic amines is 1. The third kappa shape index (κ3) is 4.00. The standard InChI is InChI=1S/C22H21ClN4O6/c1-31-16-7-11(8-17(32-2)19(16)33-3)14-10-15(26-25-14)18-20(28)24-22(30)27(21(18)29)13-6-4-5-12(23)9-13/h4-9,14,25,29H,10H2,1-3H3,(H,24,28,30)/t14-/m0/s1. The van der Waals surface area contributed by atoms with Crippen LogP contribution in [0.25, 0.3) is 5.69 Å². The fourth-order valence-corrected chi connectivity index (χ4v) is 3.92. The van der Waals surface area contributed by atoms with E-state index in [1.807, 2.05) is 0 Å². The van der Waals surface area contributed by atoms with E-state index in [-0.39, 0.29) is 23.7 Å². The Labute approximate surface area is 193 Å². The van der Waals surface area contributed by atoms with Crippen LogP contribution in [-0.4, -0.2) is 41.7 Å². The molecule has 1 aliphatic rings. The van der Waals surface area contributed by atoms with Crippen LogP contribution >= 0.6 is 11.6 Å². The molecule has 33 heavy (non-hydrogen) atoms. The highest BCUT2D eigenvalue weighted by Crippen LogP contribution is 2.41. The van der Waals surface area contributed by atoms with Gasteiger partial charge in [0.2, 0.25) is 11.6 Å². The lowest BCUT2D eigenvalue weighted by molar-refractivity contribution is 0.323. The van der Waals surface area contributed by atoms with Gasteiger partial charge in [-0.3, -0.25) is 9.78 Å². The van der Waals surface area contributed by atoms with Crippen molar-refractivity contribution in [2.24, 2.45) is 5.10 Å². The number of rotatable bonds is 6. The van der Waals surface area contributed by atoms with Crippen molar-refractivity contribution in [3.63, 3.8) is 0 Å². The van der Waals surface area contributed by atoms with Crippen molar-refractivity contribution in [3.8, 4) is 28.8 Å². The highest BCUT2D eigenvalue weighted by atomic mass is 35.5. The first kappa shape index (κ1) is 22.3. The summed E-state index contributed by atoms with van der Waals surface area (Å²) in [6.45, 7) is 0. The van der Waals surface area contributed by atoms with Gasteiger partial charge in [0, 0.05) is 11.4 Å². The second kappa shape index (κ2) is 8.91. The Hall–Kier alpha value is -3.92. The van der Waals surface area contributed by atoms with Gasteiger partial charge in [0.05, 0.1) is 38.8 Å². The molecular weight excluding hydrogens is 452 g/mol. The molecule has 0 radical (unpaired) electrons. The Morgan fingerprint density at radius 1 is 1.09 bits per heavy atom. The lowest BCUT2D eigenvalue weighted by Crippen LogP contribution is -2.33. The second-order valence-corrected chi connectivity index (χ2v) is 7.61. The first-order valence-corrected chi connectivity index (χ1v) is 10.2. The van der Waals surface area contributed by atoms with Gasteiger partial charge in [-0.1, -0.05) is 17.7 Å². The highest BCUT2D eigenvalue weighted by Gasteiger charge is 2.29. The molecular formula is C22H21ClN4O6. The molecule has 0 saturated heterocycles. The number of nitrogens with one attached hydrogen (secondary N) is 2. The number of hydrogen-bond acceptors (Lipinski definition) is 8. The van der Waals surface area contributed by atoms with E-state index in [9.17, 15) is 14.7 Å². The SMILES string of the molecule is COc1cc([C@@H]2CC(c3c(O)n(-c4cccc(Cl)c4)c(=O)[nH]c3=O)=NN2)cc(OC)c1OC. The molecule has 3 N–H and O–H groups in total. The fourth-order valence-electron chi connectivity index (χ4n) is 3.73. The Kier molecular flexibility index (Phi) is 6.01. The van der Waals surface area contributed by atoms with E-state index < -0.39 is 17.1 Å². The van der Waals surface area contributed by atoms with E-state index in [1.54, 1.807) is 30.3 Å². The van der Waals surface area contributed by atoms with E-state index >= 15 is 0 Å². The zero-order valence-electron chi connectivity index (χ0n) is 18.0. The van der Waals surface area contributed by atoms with Crippen LogP contribution in [0.15, 0.2) is 51.1 Å². The fraction of sp³-hybridized carbons (Fsp3) is 0.227. The van der Waals surface area contributed by atoms with E-state index in [0.29, 0.717) is 28.0 Å². The molecule has 1 aromatic heterocycles. The van der Waals surface area contributed by atoms with Gasteiger partial charge >= 0.3 is 5.69 Å². The van der Waals surface area contributed by atoms with Gasteiger partial charge in [0.25, 0.3) is 5.56 Å². The van der Waals surface area contributed by atoms with Crippen molar-refractivity contribution < 1.29 is 19.3 Å². The largest absolute Gasteiger partial charge is 0.493 e. The topological polar surface area (TPSA) is 127 Å². The van der Waals surface area contributed by atoms with Crippen molar-refractivity contribution in [1.29, 1.82) is 0 Å². The number of aromatic nitrogens is 2. The minimum Gasteiger partial charge on any atom is -0.493 e. The molecule has 3 aromatic rings. The molecule has 4 rings (SSSR count). The monoisotopic (exact) mass is 472 g/mol. The van der Waals surface area contributed by atoms with E-state index in [4.69, 9.17) is 25.8 Å². The molecule has 172 valence electrons. The third-order valence-corrected chi connectivity index (χ3v) is 5.52. The molecule has 0 amide bonds. The van der Waals surface area contributed by atoms with Gasteiger partial charge < -0.3 is 24.7 Å². The summed E-state index contributed by atoms with van der Waals surface area (Å²) in [5.41, 5.74) is 2.65. The minimum absolute atomic E-state index is 0.114. The molecule has 2 heterocycles. The molecule has 0 aliphatic carbocycles. The van der Waals surface area contributed by atoms with E-state index in [1.165, 1.54) is 27.4 Å². The van der Waals surface area contributed by atoms with Crippen LogP contribution in [0, 0.1) is 0 Å². The zero-order chi connectivity index (χ0) is 23.7. The van der Waals surface area contributed by atoms with E-state index in [0.717, 1.165) is 10.1 Å². The summed E-state index contributed by atoms with van der Waals surface area (Å²) in [5.74, 6) is 0.859. The molecule has 0 unspecified atom stereocenters. The molecule has 0 fully saturated rings. The van der Waals surface area contributed by atoms with Crippen LogP contribution in [0.5, 0.6) is 23.1 Å². The summed E-state index contributed by atoms with van der Waals surface area (Å²) >= 11 is 6.02. The second-order valence-electron chi connectivity index (χ2n) is 7.18. The van der Waals surface area contributed by atoms with Gasteiger partial charge in [-0.2, -0.15) is 5.10 Å². The maximum Gasteiger partial charge on any atom is 0.335 e. The first-order chi connectivity index (χ1) is 15.9. The number of hydrogen-bond donors (Lipinski definition) is 3. The van der Waals surface area contributed by atoms with Crippen LogP contribution in [0.4, 0.5) is 0 Å². The molecule has 11 heteroatoms. The van der Waals surface area contributed by atoms with E-state index in [2.05, 4.69) is 15.5 Å². The van der Waals surface area contributed by atoms with Crippen molar-refractivity contribution in [2.75, 3.05) is 21.3 Å². The number of nitrogens with zero attached hydrogens (tertiary/aromatic N) is 2. The van der Waals surface area contributed by atoms with Crippen LogP contribution in [-0.2, 0) is 0 Å². The van der Waals surface area contributed by atoms with Gasteiger partial charge in [0.15, 0.2) is 11.5 Å². The lowest BCUT2D eigenvalue weighted by atomic mass is 9.99. The molecule has 0 spiro atoms. The number of ether oxygens (including phenoxy) is 3. The number of hydrazone groups is 1. The Bertz CT molecular complexity index is 1340. The molecule has 0 bridgehead atoms. The lowest BCUT2D eigenvalue weighted by Gasteiger charge is -2.17. The van der Waals surface area contributed by atoms with Crippen molar-refractivity contribution in [1.82, 2.24) is 15.0 Å². The van der Waals surface area contributed by atoms with Crippen LogP contribution < -0.4 is 30.9 Å². The summed E-state index contributed by atoms with van der Waals surface area (Å²) in [6.07, 6.45) is 0.253. The Morgan fingerprint density at radius 3 is 2.39 bits per heavy atom. The van der Waals surface area contributed by atoms with Gasteiger partial charge in [-0.25, -0.2) is 9.36 Å². The number of benzene rings is 2. The molecule has 10 nitrogen and oxygen atoms in total. The van der Waals surface area contributed by atoms with Gasteiger partial charge in [-0.05, 0) is 35.9 Å². The summed E-state index contributed by atoms with van der Waals surface area (Å²) in [7, 11) is 4.54. The smallest absolute Gasteiger partial charge is 0.335 e. The molecule has 1 aliphatic heterocycles. The zero-order valence-corrected chi connectivity index (χ0v) is 18.8. The number of methoxy groups -OCH3 is 3. The Morgan fingerprint density at radius 2 is 1.79 bits per heavy atom. The normalized spacial score (nSPS) is 15.0. The van der Waals surface area contributed by atoms with Crippen molar-refractivity contribution in [2.45, 2.75) is 12.5 Å². The molecule has 1 atom stereocenters. The number of aromatic hydroxyl groups is 1. The average molecular weight is 473 g/mol. The first-order valence-electron chi connectivity index (χ1n) is 9.84. The molecule has 0 saturated carbocycles. The van der Waals surface area contributed by atoms with Gasteiger partial charge in [0.1, 0.15) is 5.56 Å². The summed E-state index contributed by atoms with van der Waals surface area (Å²) < 4.78 is 17.1.